The van der Waals surface area contributed by atoms with Crippen molar-refractivity contribution in [3.63, 3.8) is 0 Å². The second kappa shape index (κ2) is 9.20. The fourth-order valence-corrected chi connectivity index (χ4v) is 5.59. The smallest absolute Gasteiger partial charge is 0.321 e. The van der Waals surface area contributed by atoms with Gasteiger partial charge in [0, 0.05) is 8.54 Å². The molecule has 1 atom stereocenters. The van der Waals surface area contributed by atoms with Gasteiger partial charge < -0.3 is 19.9 Å². The summed E-state index contributed by atoms with van der Waals surface area (Å²) in [5.41, 5.74) is 3.46. The number of anilines is 1. The third-order valence-electron chi connectivity index (χ3n) is 6.78. The molecule has 0 saturated heterocycles. The number of carbonyl (C=O) groups is 2. The maximum absolute atomic E-state index is 13.3. The minimum Gasteiger partial charge on any atom is -0.480 e. The molecule has 1 aliphatic carbocycles. The van der Waals surface area contributed by atoms with Crippen molar-refractivity contribution in [3.05, 3.63) is 71.8 Å². The van der Waals surface area contributed by atoms with Crippen molar-refractivity contribution in [2.75, 3.05) is 12.1 Å². The second-order valence-electron chi connectivity index (χ2n) is 9.34. The van der Waals surface area contributed by atoms with Crippen LogP contribution in [0, 0.1) is 6.92 Å². The average molecular weight is 527 g/mol. The zero-order valence-corrected chi connectivity index (χ0v) is 21.1. The number of sulfonamides is 1. The lowest BCUT2D eigenvalue weighted by atomic mass is 9.94. The monoisotopic (exact) mass is 526 g/mol. The molecule has 3 aromatic rings. The standard InChI is InChI=1S/C27H26N2O7S.2H2/c1-16-3-7-20(28-26(32)27(11-12-27)19-6-10-23-24(13-19)36-15-35-23)14-22(16)18-4-8-21(9-5-18)37(33,34)29-17(2)25(30)31;;/h3-10,13-14,17,29H,11-12,15H2,1-2H3,(H,28,32)(H,30,31);2*1H/t17-;;/m0../s1. The first-order valence-corrected chi connectivity index (χ1v) is 13.3. The normalized spacial score (nSPS) is 16.2. The van der Waals surface area contributed by atoms with Crippen LogP contribution in [-0.4, -0.2) is 38.2 Å². The summed E-state index contributed by atoms with van der Waals surface area (Å²) in [5.74, 6) is -0.0381. The number of rotatable bonds is 8. The van der Waals surface area contributed by atoms with E-state index in [0.717, 1.165) is 35.1 Å². The molecule has 196 valence electrons. The van der Waals surface area contributed by atoms with Gasteiger partial charge >= 0.3 is 5.97 Å². The molecule has 3 N–H and O–H groups in total. The molecule has 10 heteroatoms. The van der Waals surface area contributed by atoms with E-state index >= 15 is 0 Å². The molecular formula is C27H30N2O7S. The summed E-state index contributed by atoms with van der Waals surface area (Å²) in [6.45, 7) is 3.36. The fraction of sp³-hybridized carbons (Fsp3) is 0.259. The number of hydrogen-bond donors (Lipinski definition) is 3. The van der Waals surface area contributed by atoms with Crippen LogP contribution in [0.4, 0.5) is 5.69 Å². The minimum atomic E-state index is -3.98. The van der Waals surface area contributed by atoms with Crippen LogP contribution in [0.25, 0.3) is 11.1 Å². The topological polar surface area (TPSA) is 131 Å². The number of fused-ring (bicyclic) bond motifs is 1. The van der Waals surface area contributed by atoms with Gasteiger partial charge in [0.25, 0.3) is 0 Å². The van der Waals surface area contributed by atoms with Crippen LogP contribution < -0.4 is 19.5 Å². The molecule has 1 saturated carbocycles. The Kier molecular flexibility index (Phi) is 6.17. The van der Waals surface area contributed by atoms with Gasteiger partial charge in [-0.2, -0.15) is 4.72 Å². The molecule has 5 rings (SSSR count). The highest BCUT2D eigenvalue weighted by Crippen LogP contribution is 2.51. The van der Waals surface area contributed by atoms with Crippen LogP contribution in [0.2, 0.25) is 0 Å². The largest absolute Gasteiger partial charge is 0.480 e. The predicted molar refractivity (Wildman–Crippen MR) is 140 cm³/mol. The maximum Gasteiger partial charge on any atom is 0.321 e. The third kappa shape index (κ3) is 4.77. The summed E-state index contributed by atoms with van der Waals surface area (Å²) >= 11 is 0. The van der Waals surface area contributed by atoms with Gasteiger partial charge in [-0.1, -0.05) is 24.3 Å². The van der Waals surface area contributed by atoms with Gasteiger partial charge in [-0.25, -0.2) is 8.42 Å². The Labute approximate surface area is 217 Å². The summed E-state index contributed by atoms with van der Waals surface area (Å²) in [4.78, 5) is 24.3. The zero-order chi connectivity index (χ0) is 26.4. The summed E-state index contributed by atoms with van der Waals surface area (Å²) < 4.78 is 37.9. The zero-order valence-electron chi connectivity index (χ0n) is 20.3. The summed E-state index contributed by atoms with van der Waals surface area (Å²) in [6.07, 6.45) is 1.48. The maximum atomic E-state index is 13.3. The number of hydrogen-bond acceptors (Lipinski definition) is 6. The van der Waals surface area contributed by atoms with Gasteiger partial charge in [-0.15, -0.1) is 0 Å². The van der Waals surface area contributed by atoms with Gasteiger partial charge in [0.1, 0.15) is 6.04 Å². The van der Waals surface area contributed by atoms with Crippen LogP contribution >= 0.6 is 0 Å². The SMILES string of the molecule is Cc1ccc(NC(=O)C2(c3ccc4c(c3)OCO4)CC2)cc1-c1ccc(S(=O)(=O)N[C@@H](C)C(=O)O)cc1.[HH].[HH]. The number of benzene rings is 3. The van der Waals surface area contributed by atoms with Gasteiger partial charge in [-0.05, 0) is 85.3 Å². The molecule has 1 heterocycles. The first kappa shape index (κ1) is 24.8. The lowest BCUT2D eigenvalue weighted by Crippen LogP contribution is -2.38. The molecule has 0 spiro atoms. The van der Waals surface area contributed by atoms with Gasteiger partial charge in [-0.3, -0.25) is 9.59 Å². The van der Waals surface area contributed by atoms with Gasteiger partial charge in [0.15, 0.2) is 11.5 Å². The molecule has 1 amide bonds. The van der Waals surface area contributed by atoms with Crippen molar-refractivity contribution in [1.29, 1.82) is 0 Å². The van der Waals surface area contributed by atoms with E-state index in [-0.39, 0.29) is 20.4 Å². The molecule has 0 radical (unpaired) electrons. The van der Waals surface area contributed by atoms with E-state index in [9.17, 15) is 18.0 Å². The Morgan fingerprint density at radius 2 is 1.70 bits per heavy atom. The number of ether oxygens (including phenoxy) is 2. The summed E-state index contributed by atoms with van der Waals surface area (Å²) in [7, 11) is -3.98. The second-order valence-corrected chi connectivity index (χ2v) is 11.1. The molecule has 3 aromatic carbocycles. The van der Waals surface area contributed by atoms with Crippen molar-refractivity contribution in [1.82, 2.24) is 4.72 Å². The van der Waals surface area contributed by atoms with Crippen molar-refractivity contribution in [2.24, 2.45) is 0 Å². The molecule has 0 unspecified atom stereocenters. The van der Waals surface area contributed by atoms with Gasteiger partial charge in [0.05, 0.1) is 10.3 Å². The average Bonchev–Trinajstić information content (AvgIpc) is 3.55. The molecule has 2 aliphatic rings. The molecular weight excluding hydrogens is 496 g/mol. The van der Waals surface area contributed by atoms with Crippen LogP contribution in [0.5, 0.6) is 11.5 Å². The molecule has 9 nitrogen and oxygen atoms in total. The van der Waals surface area contributed by atoms with E-state index in [1.165, 1.54) is 19.1 Å². The van der Waals surface area contributed by atoms with Crippen molar-refractivity contribution in [3.8, 4) is 22.6 Å². The fourth-order valence-electron chi connectivity index (χ4n) is 4.39. The van der Waals surface area contributed by atoms with E-state index in [1.54, 1.807) is 12.1 Å². The molecule has 1 aliphatic heterocycles. The predicted octanol–water partition coefficient (Wildman–Crippen LogP) is 4.30. The first-order valence-electron chi connectivity index (χ1n) is 11.8. The van der Waals surface area contributed by atoms with Crippen LogP contribution in [0.3, 0.4) is 0 Å². The van der Waals surface area contributed by atoms with Crippen molar-refractivity contribution >= 4 is 27.6 Å². The Hall–Kier alpha value is -3.89. The first-order chi connectivity index (χ1) is 17.6. The van der Waals surface area contributed by atoms with Crippen molar-refractivity contribution in [2.45, 2.75) is 43.0 Å². The highest BCUT2D eigenvalue weighted by atomic mass is 32.2. The number of amides is 1. The minimum absolute atomic E-state index is 0. The van der Waals surface area contributed by atoms with Crippen LogP contribution in [0.15, 0.2) is 65.6 Å². The lowest BCUT2D eigenvalue weighted by molar-refractivity contribution is -0.138. The van der Waals surface area contributed by atoms with Crippen LogP contribution in [0.1, 0.15) is 33.7 Å². The van der Waals surface area contributed by atoms with E-state index < -0.39 is 27.4 Å². The van der Waals surface area contributed by atoms with Crippen molar-refractivity contribution < 1.29 is 35.4 Å². The lowest BCUT2D eigenvalue weighted by Gasteiger charge is -2.17. The number of carbonyl (C=O) groups excluding carboxylic acids is 1. The number of aliphatic carboxylic acids is 1. The highest BCUT2D eigenvalue weighted by molar-refractivity contribution is 7.89. The third-order valence-corrected chi connectivity index (χ3v) is 8.34. The molecule has 0 aromatic heterocycles. The highest BCUT2D eigenvalue weighted by Gasteiger charge is 2.51. The van der Waals surface area contributed by atoms with E-state index in [1.807, 2.05) is 43.3 Å². The van der Waals surface area contributed by atoms with Crippen LogP contribution in [-0.2, 0) is 25.0 Å². The number of aryl methyl sites for hydroxylation is 1. The Morgan fingerprint density at radius 3 is 2.38 bits per heavy atom. The molecule has 0 bridgehead atoms. The Bertz CT molecular complexity index is 1510. The quantitative estimate of drug-likeness (QED) is 0.399. The van der Waals surface area contributed by atoms with E-state index in [0.29, 0.717) is 17.2 Å². The van der Waals surface area contributed by atoms with Gasteiger partial charge in [0.2, 0.25) is 22.7 Å². The Balaban J connectivity index is 0.00000210. The summed E-state index contributed by atoms with van der Waals surface area (Å²) in [6, 6.07) is 16.1. The summed E-state index contributed by atoms with van der Waals surface area (Å²) in [5, 5.41) is 12.0. The molecule has 1 fully saturated rings. The number of carboxylic acids is 1. The Morgan fingerprint density at radius 1 is 1.00 bits per heavy atom. The number of carboxylic acid groups (broad SMARTS) is 1. The number of nitrogens with one attached hydrogen (secondary N) is 2. The van der Waals surface area contributed by atoms with E-state index in [4.69, 9.17) is 14.6 Å². The van der Waals surface area contributed by atoms with E-state index in [2.05, 4.69) is 10.0 Å². The molecule has 37 heavy (non-hydrogen) atoms.